The molecule has 4 rings (SSSR count). The topological polar surface area (TPSA) is 98.7 Å². The maximum atomic E-state index is 11.6. The van der Waals surface area contributed by atoms with Crippen molar-refractivity contribution in [2.45, 2.75) is 6.92 Å². The summed E-state index contributed by atoms with van der Waals surface area (Å²) in [7, 11) is 0. The first-order valence-electron chi connectivity index (χ1n) is 8.04. The van der Waals surface area contributed by atoms with Crippen LogP contribution in [0.25, 0.3) is 16.9 Å². The van der Waals surface area contributed by atoms with Gasteiger partial charge in [-0.1, -0.05) is 24.3 Å². The van der Waals surface area contributed by atoms with E-state index in [0.29, 0.717) is 22.9 Å². The van der Waals surface area contributed by atoms with Gasteiger partial charge in [-0.15, -0.1) is 0 Å². The standard InChI is InChI=1S/C19H16N6O/c1-12(26)13-5-4-6-14(9-13)24-18-17(20)19(22-10-21-18)25-11-23-15-7-2-3-8-16(15)25/h2-11H,20H2,1H3,(H,21,22,24). The number of anilines is 3. The molecule has 0 amide bonds. The van der Waals surface area contributed by atoms with Gasteiger partial charge in [0, 0.05) is 11.3 Å². The summed E-state index contributed by atoms with van der Waals surface area (Å²) >= 11 is 0. The minimum atomic E-state index is -0.00474. The van der Waals surface area contributed by atoms with Crippen LogP contribution in [0.4, 0.5) is 17.2 Å². The molecule has 0 aliphatic heterocycles. The number of carbonyl (C=O) groups is 1. The Morgan fingerprint density at radius 2 is 1.92 bits per heavy atom. The molecule has 0 radical (unpaired) electrons. The van der Waals surface area contributed by atoms with Crippen LogP contribution in [0.3, 0.4) is 0 Å². The lowest BCUT2D eigenvalue weighted by molar-refractivity contribution is 0.101. The van der Waals surface area contributed by atoms with Crippen molar-refractivity contribution in [3.63, 3.8) is 0 Å². The first kappa shape index (κ1) is 15.8. The average Bonchev–Trinajstić information content (AvgIpc) is 3.08. The summed E-state index contributed by atoms with van der Waals surface area (Å²) in [6, 6.07) is 14.9. The molecule has 0 aliphatic rings. The SMILES string of the molecule is CC(=O)c1cccc(Nc2ncnc(-n3cnc4ccccc43)c2N)c1. The molecule has 0 bridgehead atoms. The van der Waals surface area contributed by atoms with Crippen molar-refractivity contribution in [2.24, 2.45) is 0 Å². The van der Waals surface area contributed by atoms with Crippen LogP contribution in [0, 0.1) is 0 Å². The number of benzene rings is 2. The fourth-order valence-corrected chi connectivity index (χ4v) is 2.76. The summed E-state index contributed by atoms with van der Waals surface area (Å²) in [4.78, 5) is 24.5. The molecule has 2 aromatic heterocycles. The molecule has 0 saturated heterocycles. The van der Waals surface area contributed by atoms with E-state index >= 15 is 0 Å². The number of hydrogen-bond acceptors (Lipinski definition) is 6. The number of ketones is 1. The van der Waals surface area contributed by atoms with Gasteiger partial charge in [0.2, 0.25) is 0 Å². The largest absolute Gasteiger partial charge is 0.393 e. The molecule has 0 atom stereocenters. The molecule has 0 spiro atoms. The Hall–Kier alpha value is -3.74. The molecule has 0 unspecified atom stereocenters. The molecule has 0 fully saturated rings. The molecule has 2 heterocycles. The Morgan fingerprint density at radius 1 is 1.08 bits per heavy atom. The molecular formula is C19H16N6O. The van der Waals surface area contributed by atoms with Crippen molar-refractivity contribution in [3.8, 4) is 5.82 Å². The summed E-state index contributed by atoms with van der Waals surface area (Å²) in [6.45, 7) is 1.53. The van der Waals surface area contributed by atoms with Crippen molar-refractivity contribution in [1.82, 2.24) is 19.5 Å². The number of para-hydroxylation sites is 2. The van der Waals surface area contributed by atoms with Crippen LogP contribution >= 0.6 is 0 Å². The minimum absolute atomic E-state index is 0.00474. The quantitative estimate of drug-likeness (QED) is 0.551. The minimum Gasteiger partial charge on any atom is -0.393 e. The Kier molecular flexibility index (Phi) is 3.81. The third-order valence-electron chi connectivity index (χ3n) is 4.08. The Labute approximate surface area is 149 Å². The number of rotatable bonds is 4. The predicted molar refractivity (Wildman–Crippen MR) is 101 cm³/mol. The summed E-state index contributed by atoms with van der Waals surface area (Å²) in [5, 5.41) is 3.16. The second-order valence-corrected chi connectivity index (χ2v) is 5.82. The van der Waals surface area contributed by atoms with Gasteiger partial charge >= 0.3 is 0 Å². The maximum absolute atomic E-state index is 11.6. The molecule has 26 heavy (non-hydrogen) atoms. The van der Waals surface area contributed by atoms with Crippen LogP contribution in [0.5, 0.6) is 0 Å². The van der Waals surface area contributed by atoms with Gasteiger partial charge in [0.25, 0.3) is 0 Å². The number of aromatic nitrogens is 4. The van der Waals surface area contributed by atoms with E-state index < -0.39 is 0 Å². The lowest BCUT2D eigenvalue weighted by Crippen LogP contribution is -2.07. The fourth-order valence-electron chi connectivity index (χ4n) is 2.76. The van der Waals surface area contributed by atoms with Gasteiger partial charge < -0.3 is 11.1 Å². The number of imidazole rings is 1. The number of hydrogen-bond donors (Lipinski definition) is 2. The molecule has 0 saturated carbocycles. The van der Waals surface area contributed by atoms with Gasteiger partial charge in [-0.25, -0.2) is 15.0 Å². The van der Waals surface area contributed by atoms with Gasteiger partial charge in [0.1, 0.15) is 18.3 Å². The van der Waals surface area contributed by atoms with E-state index in [2.05, 4.69) is 20.3 Å². The van der Waals surface area contributed by atoms with Gasteiger partial charge in [0.05, 0.1) is 11.0 Å². The van der Waals surface area contributed by atoms with Crippen molar-refractivity contribution >= 4 is 34.0 Å². The van der Waals surface area contributed by atoms with Crippen molar-refractivity contribution in [1.29, 1.82) is 0 Å². The molecule has 0 aliphatic carbocycles. The zero-order chi connectivity index (χ0) is 18.1. The smallest absolute Gasteiger partial charge is 0.167 e. The first-order valence-corrected chi connectivity index (χ1v) is 8.04. The lowest BCUT2D eigenvalue weighted by Gasteiger charge is -2.12. The van der Waals surface area contributed by atoms with Gasteiger partial charge in [-0.05, 0) is 31.2 Å². The van der Waals surface area contributed by atoms with Crippen LogP contribution in [-0.2, 0) is 0 Å². The fraction of sp³-hybridized carbons (Fsp3) is 0.0526. The third-order valence-corrected chi connectivity index (χ3v) is 4.08. The molecule has 7 heteroatoms. The summed E-state index contributed by atoms with van der Waals surface area (Å²) < 4.78 is 1.82. The predicted octanol–water partition coefficient (Wildman–Crippen LogP) is 3.34. The maximum Gasteiger partial charge on any atom is 0.167 e. The number of nitrogen functional groups attached to an aromatic ring is 1. The Balaban J connectivity index is 1.75. The van der Waals surface area contributed by atoms with Crippen LogP contribution in [0.15, 0.2) is 61.2 Å². The number of fused-ring (bicyclic) bond motifs is 1. The van der Waals surface area contributed by atoms with Gasteiger partial charge in [-0.3, -0.25) is 9.36 Å². The van der Waals surface area contributed by atoms with Crippen LogP contribution in [0.1, 0.15) is 17.3 Å². The zero-order valence-electron chi connectivity index (χ0n) is 14.0. The average molecular weight is 344 g/mol. The number of nitrogens with one attached hydrogen (secondary N) is 1. The van der Waals surface area contributed by atoms with E-state index in [0.717, 1.165) is 16.7 Å². The highest BCUT2D eigenvalue weighted by Crippen LogP contribution is 2.27. The number of Topliss-reactive ketones (excluding diaryl/α,β-unsaturated/α-hetero) is 1. The first-order chi connectivity index (χ1) is 12.6. The van der Waals surface area contributed by atoms with Crippen molar-refractivity contribution in [2.75, 3.05) is 11.1 Å². The summed E-state index contributed by atoms with van der Waals surface area (Å²) in [5.41, 5.74) is 9.80. The van der Waals surface area contributed by atoms with E-state index in [1.54, 1.807) is 24.5 Å². The van der Waals surface area contributed by atoms with Gasteiger partial charge in [-0.2, -0.15) is 0 Å². The van der Waals surface area contributed by atoms with Crippen LogP contribution in [0.2, 0.25) is 0 Å². The number of nitrogens with two attached hydrogens (primary N) is 1. The highest BCUT2D eigenvalue weighted by Gasteiger charge is 2.13. The summed E-state index contributed by atoms with van der Waals surface area (Å²) in [6.07, 6.45) is 3.13. The molecule has 3 N–H and O–H groups in total. The Morgan fingerprint density at radius 3 is 2.77 bits per heavy atom. The van der Waals surface area contributed by atoms with Crippen molar-refractivity contribution in [3.05, 3.63) is 66.7 Å². The van der Waals surface area contributed by atoms with Gasteiger partial charge in [0.15, 0.2) is 17.4 Å². The lowest BCUT2D eigenvalue weighted by atomic mass is 10.1. The zero-order valence-corrected chi connectivity index (χ0v) is 14.0. The van der Waals surface area contributed by atoms with E-state index in [9.17, 15) is 4.79 Å². The van der Waals surface area contributed by atoms with Crippen LogP contribution in [-0.4, -0.2) is 25.3 Å². The molecular weight excluding hydrogens is 328 g/mol. The van der Waals surface area contributed by atoms with E-state index in [1.807, 2.05) is 34.9 Å². The third kappa shape index (κ3) is 2.75. The monoisotopic (exact) mass is 344 g/mol. The molecule has 4 aromatic rings. The summed E-state index contributed by atoms with van der Waals surface area (Å²) in [5.74, 6) is 1.00. The second kappa shape index (κ2) is 6.29. The highest BCUT2D eigenvalue weighted by molar-refractivity contribution is 5.95. The highest BCUT2D eigenvalue weighted by atomic mass is 16.1. The number of nitrogens with zero attached hydrogens (tertiary/aromatic N) is 4. The molecule has 128 valence electrons. The number of carbonyl (C=O) groups excluding carboxylic acids is 1. The molecule has 2 aromatic carbocycles. The second-order valence-electron chi connectivity index (χ2n) is 5.82. The van der Waals surface area contributed by atoms with Crippen LogP contribution < -0.4 is 11.1 Å². The van der Waals surface area contributed by atoms with Crippen molar-refractivity contribution < 1.29 is 4.79 Å². The van der Waals surface area contributed by atoms with E-state index in [1.165, 1.54) is 13.3 Å². The van der Waals surface area contributed by atoms with E-state index in [-0.39, 0.29) is 5.78 Å². The Bertz CT molecular complexity index is 1120. The molecule has 7 nitrogen and oxygen atoms in total. The van der Waals surface area contributed by atoms with E-state index in [4.69, 9.17) is 5.73 Å². The normalized spacial score (nSPS) is 10.8.